The number of rotatable bonds is 7. The maximum atomic E-state index is 11.9. The molecule has 0 aliphatic carbocycles. The van der Waals surface area contributed by atoms with Gasteiger partial charge in [0, 0.05) is 11.6 Å². The second-order valence-electron chi connectivity index (χ2n) is 5.28. The number of hydrogen-bond acceptors (Lipinski definition) is 5. The van der Waals surface area contributed by atoms with E-state index in [0.717, 1.165) is 10.2 Å². The fourth-order valence-corrected chi connectivity index (χ4v) is 3.23. The van der Waals surface area contributed by atoms with Crippen molar-refractivity contribution in [2.45, 2.75) is 26.3 Å². The molecule has 1 aromatic carbocycles. The summed E-state index contributed by atoms with van der Waals surface area (Å²) in [7, 11) is -3.68. The fourth-order valence-electron chi connectivity index (χ4n) is 2.05. The highest BCUT2D eigenvalue weighted by Gasteiger charge is 2.15. The van der Waals surface area contributed by atoms with Crippen LogP contribution in [0.25, 0.3) is 11.3 Å². The molecule has 0 spiro atoms. The van der Waals surface area contributed by atoms with Gasteiger partial charge >= 0.3 is 0 Å². The molecule has 1 heterocycles. The maximum absolute atomic E-state index is 11.9. The molecule has 24 heavy (non-hydrogen) atoms. The van der Waals surface area contributed by atoms with E-state index in [2.05, 4.69) is 5.10 Å². The van der Waals surface area contributed by atoms with Gasteiger partial charge in [-0.05, 0) is 12.5 Å². The van der Waals surface area contributed by atoms with Crippen LogP contribution < -0.4 is 10.3 Å². The van der Waals surface area contributed by atoms with Crippen molar-refractivity contribution in [1.29, 1.82) is 0 Å². The third-order valence-corrected chi connectivity index (χ3v) is 4.63. The molecule has 0 aliphatic heterocycles. The quantitative estimate of drug-likeness (QED) is 0.809. The zero-order valence-corrected chi connectivity index (χ0v) is 14.1. The average Bonchev–Trinajstić information content (AvgIpc) is 2.55. The normalized spacial score (nSPS) is 11.2. The van der Waals surface area contributed by atoms with Gasteiger partial charge in [-0.2, -0.15) is 5.10 Å². The van der Waals surface area contributed by atoms with Crippen molar-refractivity contribution in [3.63, 3.8) is 0 Å². The van der Waals surface area contributed by atoms with Crippen molar-refractivity contribution in [1.82, 2.24) is 14.5 Å². The summed E-state index contributed by atoms with van der Waals surface area (Å²) in [4.78, 5) is 23.7. The molecule has 0 bridgehead atoms. The van der Waals surface area contributed by atoms with E-state index in [1.165, 1.54) is 6.07 Å². The predicted molar refractivity (Wildman–Crippen MR) is 90.8 cm³/mol. The Morgan fingerprint density at radius 2 is 1.88 bits per heavy atom. The summed E-state index contributed by atoms with van der Waals surface area (Å²) in [5.41, 5.74) is 0.842. The average molecular weight is 349 g/mol. The molecular weight excluding hydrogens is 330 g/mol. The molecule has 7 nitrogen and oxygen atoms in total. The number of benzene rings is 1. The van der Waals surface area contributed by atoms with Crippen LogP contribution in [0.4, 0.5) is 0 Å². The summed E-state index contributed by atoms with van der Waals surface area (Å²) in [6.45, 7) is 1.40. The number of nitrogens with zero attached hydrogens (tertiary/aromatic N) is 2. The highest BCUT2D eigenvalue weighted by atomic mass is 32.2. The van der Waals surface area contributed by atoms with E-state index in [-0.39, 0.29) is 5.75 Å². The van der Waals surface area contributed by atoms with Gasteiger partial charge in [0.2, 0.25) is 10.0 Å². The van der Waals surface area contributed by atoms with Gasteiger partial charge in [0.15, 0.2) is 0 Å². The standard InChI is InChI=1S/C16H19N3O4S/c1-2-3-11-24(22,23)18-15(20)12-19-16(21)10-9-14(17-19)13-7-5-4-6-8-13/h4-10H,2-3,11-12H2,1H3,(H,18,20). The molecule has 0 atom stereocenters. The van der Waals surface area contributed by atoms with Crippen molar-refractivity contribution in [3.8, 4) is 11.3 Å². The number of hydrogen-bond donors (Lipinski definition) is 1. The fraction of sp³-hybridized carbons (Fsp3) is 0.312. The van der Waals surface area contributed by atoms with E-state index in [1.807, 2.05) is 42.0 Å². The van der Waals surface area contributed by atoms with Gasteiger partial charge in [0.25, 0.3) is 11.5 Å². The molecule has 8 heteroatoms. The van der Waals surface area contributed by atoms with Crippen LogP contribution in [-0.4, -0.2) is 29.9 Å². The lowest BCUT2D eigenvalue weighted by Gasteiger charge is -2.08. The Bertz CT molecular complexity index is 860. The van der Waals surface area contributed by atoms with Crippen LogP contribution in [0.1, 0.15) is 19.8 Å². The molecule has 0 saturated carbocycles. The number of carbonyl (C=O) groups excluding carboxylic acids is 1. The van der Waals surface area contributed by atoms with Gasteiger partial charge < -0.3 is 0 Å². The molecule has 0 radical (unpaired) electrons. The van der Waals surface area contributed by atoms with Gasteiger partial charge in [-0.1, -0.05) is 43.7 Å². The maximum Gasteiger partial charge on any atom is 0.267 e. The SMILES string of the molecule is CCCCS(=O)(=O)NC(=O)Cn1nc(-c2ccccc2)ccc1=O. The van der Waals surface area contributed by atoms with Crippen LogP contribution in [0.3, 0.4) is 0 Å². The molecule has 1 N–H and O–H groups in total. The Balaban J connectivity index is 2.15. The Morgan fingerprint density at radius 3 is 2.54 bits per heavy atom. The molecule has 0 saturated heterocycles. The van der Waals surface area contributed by atoms with Crippen molar-refractivity contribution in [2.75, 3.05) is 5.75 Å². The van der Waals surface area contributed by atoms with Crippen molar-refractivity contribution >= 4 is 15.9 Å². The largest absolute Gasteiger partial charge is 0.272 e. The molecule has 0 aliphatic rings. The monoisotopic (exact) mass is 349 g/mol. The summed E-state index contributed by atoms with van der Waals surface area (Å²) in [5.74, 6) is -0.910. The first-order valence-electron chi connectivity index (χ1n) is 7.58. The Morgan fingerprint density at radius 1 is 1.17 bits per heavy atom. The van der Waals surface area contributed by atoms with Crippen LogP contribution in [0.5, 0.6) is 0 Å². The lowest BCUT2D eigenvalue weighted by atomic mass is 10.1. The lowest BCUT2D eigenvalue weighted by Crippen LogP contribution is -2.38. The number of sulfonamides is 1. The van der Waals surface area contributed by atoms with E-state index < -0.39 is 28.0 Å². The topological polar surface area (TPSA) is 98.1 Å². The van der Waals surface area contributed by atoms with Crippen LogP contribution in [0.15, 0.2) is 47.3 Å². The van der Waals surface area contributed by atoms with Gasteiger partial charge in [-0.15, -0.1) is 0 Å². The third kappa shape index (κ3) is 5.02. The molecule has 1 amide bonds. The van der Waals surface area contributed by atoms with Crippen molar-refractivity contribution < 1.29 is 13.2 Å². The molecule has 1 aromatic heterocycles. The first-order valence-corrected chi connectivity index (χ1v) is 9.23. The molecule has 128 valence electrons. The van der Waals surface area contributed by atoms with Crippen molar-refractivity contribution in [2.24, 2.45) is 0 Å². The Hall–Kier alpha value is -2.48. The Kier molecular flexibility index (Phi) is 5.86. The molecule has 2 rings (SSSR count). The minimum atomic E-state index is -3.68. The van der Waals surface area contributed by atoms with E-state index >= 15 is 0 Å². The minimum Gasteiger partial charge on any atom is -0.272 e. The van der Waals surface area contributed by atoms with Gasteiger partial charge in [0.05, 0.1) is 11.4 Å². The number of unbranched alkanes of at least 4 members (excludes halogenated alkanes) is 1. The third-order valence-electron chi connectivity index (χ3n) is 3.27. The predicted octanol–water partition coefficient (Wildman–Crippen LogP) is 1.16. The van der Waals surface area contributed by atoms with Crippen molar-refractivity contribution in [3.05, 3.63) is 52.8 Å². The number of amides is 1. The van der Waals surface area contributed by atoms with E-state index in [4.69, 9.17) is 0 Å². The van der Waals surface area contributed by atoms with E-state index in [9.17, 15) is 18.0 Å². The molecular formula is C16H19N3O4S. The first-order chi connectivity index (χ1) is 11.4. The molecule has 0 fully saturated rings. The lowest BCUT2D eigenvalue weighted by molar-refractivity contribution is -0.120. The minimum absolute atomic E-state index is 0.123. The second kappa shape index (κ2) is 7.87. The zero-order valence-electron chi connectivity index (χ0n) is 13.3. The second-order valence-corrected chi connectivity index (χ2v) is 7.12. The van der Waals surface area contributed by atoms with Crippen LogP contribution in [-0.2, 0) is 21.4 Å². The first kappa shape index (κ1) is 17.9. The molecule has 2 aromatic rings. The Labute approximate surface area is 140 Å². The summed E-state index contributed by atoms with van der Waals surface area (Å²) >= 11 is 0. The number of carbonyl (C=O) groups is 1. The van der Waals surface area contributed by atoms with Gasteiger partial charge in [-0.3, -0.25) is 14.3 Å². The smallest absolute Gasteiger partial charge is 0.267 e. The highest BCUT2D eigenvalue weighted by molar-refractivity contribution is 7.90. The van der Waals surface area contributed by atoms with Crippen LogP contribution in [0, 0.1) is 0 Å². The highest BCUT2D eigenvalue weighted by Crippen LogP contribution is 2.13. The number of nitrogens with one attached hydrogen (secondary N) is 1. The van der Waals surface area contributed by atoms with Crippen LogP contribution in [0.2, 0.25) is 0 Å². The van der Waals surface area contributed by atoms with Gasteiger partial charge in [-0.25, -0.2) is 13.1 Å². The van der Waals surface area contributed by atoms with E-state index in [1.54, 1.807) is 6.07 Å². The number of aromatic nitrogens is 2. The summed E-state index contributed by atoms with van der Waals surface area (Å²) in [6.07, 6.45) is 1.17. The van der Waals surface area contributed by atoms with E-state index in [0.29, 0.717) is 18.5 Å². The van der Waals surface area contributed by atoms with Gasteiger partial charge in [0.1, 0.15) is 6.54 Å². The zero-order chi connectivity index (χ0) is 17.6. The summed E-state index contributed by atoms with van der Waals surface area (Å²) < 4.78 is 26.4. The van der Waals surface area contributed by atoms with Crippen LogP contribution >= 0.6 is 0 Å². The molecule has 0 unspecified atom stereocenters. The summed E-state index contributed by atoms with van der Waals surface area (Å²) in [6, 6.07) is 12.0. The summed E-state index contributed by atoms with van der Waals surface area (Å²) in [5, 5.41) is 4.12.